The average molecular weight is 278 g/mol. The zero-order valence-corrected chi connectivity index (χ0v) is 11.9. The van der Waals surface area contributed by atoms with Gasteiger partial charge in [-0.25, -0.2) is 0 Å². The molecule has 6 heteroatoms. The minimum atomic E-state index is -0.553. The summed E-state index contributed by atoms with van der Waals surface area (Å²) in [5.41, 5.74) is 6.84. The number of piperazine rings is 1. The van der Waals surface area contributed by atoms with E-state index in [1.54, 1.807) is 13.3 Å². The highest BCUT2D eigenvalue weighted by molar-refractivity contribution is 5.81. The lowest BCUT2D eigenvalue weighted by atomic mass is 10.2. The van der Waals surface area contributed by atoms with E-state index in [2.05, 4.69) is 9.88 Å². The maximum atomic E-state index is 12.0. The molecule has 0 bridgehead atoms. The van der Waals surface area contributed by atoms with E-state index in [1.807, 2.05) is 23.1 Å². The Morgan fingerprint density at radius 2 is 2.15 bits per heavy atom. The molecule has 1 aromatic rings. The highest BCUT2D eigenvalue weighted by Crippen LogP contribution is 2.07. The summed E-state index contributed by atoms with van der Waals surface area (Å²) in [6, 6.07) is 5.37. The highest BCUT2D eigenvalue weighted by atomic mass is 16.5. The standard InChI is InChI=1S/C14H22N4O2/c1-20-11-13(15)14(19)18-8-6-17(7-9-18)10-12-4-2-3-5-16-12/h2-5,13H,6-11,15H2,1H3. The third-order valence-electron chi connectivity index (χ3n) is 3.46. The number of pyridine rings is 1. The Bertz CT molecular complexity index is 418. The molecule has 1 aromatic heterocycles. The van der Waals surface area contributed by atoms with Gasteiger partial charge in [-0.2, -0.15) is 0 Å². The number of ether oxygens (including phenoxy) is 1. The first-order valence-corrected chi connectivity index (χ1v) is 6.86. The molecule has 1 saturated heterocycles. The largest absolute Gasteiger partial charge is 0.383 e. The van der Waals surface area contributed by atoms with Gasteiger partial charge in [-0.15, -0.1) is 0 Å². The third-order valence-corrected chi connectivity index (χ3v) is 3.46. The van der Waals surface area contributed by atoms with Crippen molar-refractivity contribution in [1.82, 2.24) is 14.8 Å². The van der Waals surface area contributed by atoms with Gasteiger partial charge in [0.2, 0.25) is 5.91 Å². The van der Waals surface area contributed by atoms with Crippen LogP contribution in [0.1, 0.15) is 5.69 Å². The maximum absolute atomic E-state index is 12.0. The van der Waals surface area contributed by atoms with Crippen molar-refractivity contribution in [2.45, 2.75) is 12.6 Å². The second-order valence-electron chi connectivity index (χ2n) is 4.98. The number of hydrogen-bond acceptors (Lipinski definition) is 5. The molecule has 1 amide bonds. The minimum absolute atomic E-state index is 0.0238. The Morgan fingerprint density at radius 1 is 1.40 bits per heavy atom. The van der Waals surface area contributed by atoms with E-state index < -0.39 is 6.04 Å². The summed E-state index contributed by atoms with van der Waals surface area (Å²) in [5, 5.41) is 0. The van der Waals surface area contributed by atoms with Gasteiger partial charge in [0.1, 0.15) is 6.04 Å². The molecule has 1 fully saturated rings. The zero-order valence-electron chi connectivity index (χ0n) is 11.9. The van der Waals surface area contributed by atoms with Crippen LogP contribution in [0.2, 0.25) is 0 Å². The molecule has 2 heterocycles. The molecule has 1 aliphatic rings. The van der Waals surface area contributed by atoms with Crippen molar-refractivity contribution in [2.24, 2.45) is 5.73 Å². The molecule has 0 radical (unpaired) electrons. The molecule has 1 unspecified atom stereocenters. The molecule has 1 aliphatic heterocycles. The van der Waals surface area contributed by atoms with Crippen molar-refractivity contribution >= 4 is 5.91 Å². The lowest BCUT2D eigenvalue weighted by Gasteiger charge is -2.35. The fraction of sp³-hybridized carbons (Fsp3) is 0.571. The lowest BCUT2D eigenvalue weighted by Crippen LogP contribution is -2.53. The molecule has 20 heavy (non-hydrogen) atoms. The van der Waals surface area contributed by atoms with E-state index in [0.717, 1.165) is 25.3 Å². The molecular weight excluding hydrogens is 256 g/mol. The minimum Gasteiger partial charge on any atom is -0.383 e. The first-order chi connectivity index (χ1) is 9.70. The molecular formula is C14H22N4O2. The monoisotopic (exact) mass is 278 g/mol. The summed E-state index contributed by atoms with van der Waals surface area (Å²) in [6.07, 6.45) is 1.80. The summed E-state index contributed by atoms with van der Waals surface area (Å²) in [5.74, 6) is -0.0238. The first-order valence-electron chi connectivity index (χ1n) is 6.86. The summed E-state index contributed by atoms with van der Waals surface area (Å²) in [4.78, 5) is 20.5. The first kappa shape index (κ1) is 14.9. The Morgan fingerprint density at radius 3 is 2.75 bits per heavy atom. The molecule has 0 spiro atoms. The second kappa shape index (κ2) is 7.33. The maximum Gasteiger partial charge on any atom is 0.241 e. The van der Waals surface area contributed by atoms with Gasteiger partial charge in [-0.1, -0.05) is 6.07 Å². The van der Waals surface area contributed by atoms with E-state index in [9.17, 15) is 4.79 Å². The number of nitrogens with two attached hydrogens (primary N) is 1. The fourth-order valence-electron chi connectivity index (χ4n) is 2.33. The number of aromatic nitrogens is 1. The molecule has 0 aliphatic carbocycles. The molecule has 2 N–H and O–H groups in total. The summed E-state index contributed by atoms with van der Waals surface area (Å²) >= 11 is 0. The molecule has 0 saturated carbocycles. The van der Waals surface area contributed by atoms with Gasteiger partial charge in [0.05, 0.1) is 12.3 Å². The summed E-state index contributed by atoms with van der Waals surface area (Å²) in [6.45, 7) is 4.22. The van der Waals surface area contributed by atoms with Crippen LogP contribution in [-0.4, -0.2) is 66.6 Å². The van der Waals surface area contributed by atoms with Crippen molar-refractivity contribution < 1.29 is 9.53 Å². The number of methoxy groups -OCH3 is 1. The van der Waals surface area contributed by atoms with Crippen molar-refractivity contribution in [1.29, 1.82) is 0 Å². The van der Waals surface area contributed by atoms with E-state index >= 15 is 0 Å². The van der Waals surface area contributed by atoms with Gasteiger partial charge in [0.15, 0.2) is 0 Å². The zero-order chi connectivity index (χ0) is 14.4. The Hall–Kier alpha value is -1.50. The number of hydrogen-bond donors (Lipinski definition) is 1. The summed E-state index contributed by atoms with van der Waals surface area (Å²) < 4.78 is 4.92. The van der Waals surface area contributed by atoms with Crippen LogP contribution in [0.25, 0.3) is 0 Å². The normalized spacial score (nSPS) is 18.0. The molecule has 0 aromatic carbocycles. The molecule has 6 nitrogen and oxygen atoms in total. The van der Waals surface area contributed by atoms with Crippen LogP contribution >= 0.6 is 0 Å². The van der Waals surface area contributed by atoms with Crippen molar-refractivity contribution in [3.8, 4) is 0 Å². The van der Waals surface area contributed by atoms with Gasteiger partial charge in [0, 0.05) is 46.0 Å². The van der Waals surface area contributed by atoms with Crippen LogP contribution in [0.4, 0.5) is 0 Å². The number of rotatable bonds is 5. The van der Waals surface area contributed by atoms with E-state index in [-0.39, 0.29) is 12.5 Å². The van der Waals surface area contributed by atoms with E-state index in [1.165, 1.54) is 0 Å². The Kier molecular flexibility index (Phi) is 5.46. The third kappa shape index (κ3) is 4.00. The Balaban J connectivity index is 1.79. The predicted molar refractivity (Wildman–Crippen MR) is 75.9 cm³/mol. The van der Waals surface area contributed by atoms with Gasteiger partial charge in [-0.05, 0) is 12.1 Å². The van der Waals surface area contributed by atoms with Crippen LogP contribution in [0.3, 0.4) is 0 Å². The van der Waals surface area contributed by atoms with E-state index in [4.69, 9.17) is 10.5 Å². The number of nitrogens with zero attached hydrogens (tertiary/aromatic N) is 3. The quantitative estimate of drug-likeness (QED) is 0.800. The van der Waals surface area contributed by atoms with Crippen LogP contribution in [-0.2, 0) is 16.1 Å². The fourth-order valence-corrected chi connectivity index (χ4v) is 2.33. The highest BCUT2D eigenvalue weighted by Gasteiger charge is 2.25. The Labute approximate surface area is 119 Å². The van der Waals surface area contributed by atoms with Crippen molar-refractivity contribution in [3.05, 3.63) is 30.1 Å². The van der Waals surface area contributed by atoms with Crippen molar-refractivity contribution in [2.75, 3.05) is 39.9 Å². The SMILES string of the molecule is COCC(N)C(=O)N1CCN(Cc2ccccn2)CC1. The van der Waals surface area contributed by atoms with Crippen LogP contribution < -0.4 is 5.73 Å². The van der Waals surface area contributed by atoms with Crippen molar-refractivity contribution in [3.63, 3.8) is 0 Å². The van der Waals surface area contributed by atoms with Crippen LogP contribution in [0, 0.1) is 0 Å². The smallest absolute Gasteiger partial charge is 0.241 e. The molecule has 1 atom stereocenters. The predicted octanol–water partition coefficient (Wildman–Crippen LogP) is -0.300. The van der Waals surface area contributed by atoms with E-state index in [0.29, 0.717) is 13.1 Å². The molecule has 2 rings (SSSR count). The summed E-state index contributed by atoms with van der Waals surface area (Å²) in [7, 11) is 1.55. The lowest BCUT2D eigenvalue weighted by molar-refractivity contribution is -0.135. The van der Waals surface area contributed by atoms with Gasteiger partial charge >= 0.3 is 0 Å². The van der Waals surface area contributed by atoms with Gasteiger partial charge < -0.3 is 15.4 Å². The topological polar surface area (TPSA) is 71.7 Å². The second-order valence-corrected chi connectivity index (χ2v) is 4.98. The average Bonchev–Trinajstić information content (AvgIpc) is 2.48. The number of carbonyl (C=O) groups is 1. The number of carbonyl (C=O) groups excluding carboxylic acids is 1. The van der Waals surface area contributed by atoms with Gasteiger partial charge in [-0.3, -0.25) is 14.7 Å². The van der Waals surface area contributed by atoms with Crippen LogP contribution in [0.15, 0.2) is 24.4 Å². The molecule has 110 valence electrons. The van der Waals surface area contributed by atoms with Crippen LogP contribution in [0.5, 0.6) is 0 Å². The van der Waals surface area contributed by atoms with Gasteiger partial charge in [0.25, 0.3) is 0 Å². The number of amides is 1.